The topological polar surface area (TPSA) is 43.8 Å². The Hall–Kier alpha value is -1.39. The average Bonchev–Trinajstić information content (AvgIpc) is 2.50. The van der Waals surface area contributed by atoms with E-state index in [0.717, 1.165) is 12.1 Å². The van der Waals surface area contributed by atoms with Crippen molar-refractivity contribution in [2.75, 3.05) is 20.1 Å². The second-order valence-electron chi connectivity index (χ2n) is 6.23. The van der Waals surface area contributed by atoms with Crippen LogP contribution in [-0.4, -0.2) is 53.0 Å². The van der Waals surface area contributed by atoms with E-state index in [0.29, 0.717) is 6.54 Å². The SMILES string of the molecule is CCN(CC(O)c1ccc(C)cc1)C(C)C(=O)N(C)C(C)C. The van der Waals surface area contributed by atoms with Crippen LogP contribution in [0.25, 0.3) is 0 Å². The Labute approximate surface area is 134 Å². The number of hydrogen-bond donors (Lipinski definition) is 1. The molecule has 4 heteroatoms. The fourth-order valence-corrected chi connectivity index (χ4v) is 2.38. The molecule has 1 aromatic carbocycles. The molecular weight excluding hydrogens is 276 g/mol. The predicted molar refractivity (Wildman–Crippen MR) is 90.8 cm³/mol. The van der Waals surface area contributed by atoms with Gasteiger partial charge in [0.1, 0.15) is 0 Å². The van der Waals surface area contributed by atoms with E-state index in [2.05, 4.69) is 0 Å². The third kappa shape index (κ3) is 4.82. The van der Waals surface area contributed by atoms with Crippen LogP contribution in [0.5, 0.6) is 0 Å². The molecule has 0 aromatic heterocycles. The van der Waals surface area contributed by atoms with E-state index in [4.69, 9.17) is 0 Å². The van der Waals surface area contributed by atoms with E-state index < -0.39 is 6.10 Å². The van der Waals surface area contributed by atoms with Gasteiger partial charge in [-0.25, -0.2) is 0 Å². The molecule has 0 saturated heterocycles. The average molecular weight is 306 g/mol. The van der Waals surface area contributed by atoms with Crippen LogP contribution in [0.1, 0.15) is 44.9 Å². The van der Waals surface area contributed by atoms with Crippen molar-refractivity contribution in [2.24, 2.45) is 0 Å². The summed E-state index contributed by atoms with van der Waals surface area (Å²) in [6.07, 6.45) is -0.583. The fourth-order valence-electron chi connectivity index (χ4n) is 2.38. The molecule has 0 bridgehead atoms. The minimum atomic E-state index is -0.583. The lowest BCUT2D eigenvalue weighted by Crippen LogP contribution is -2.48. The van der Waals surface area contributed by atoms with Crippen LogP contribution in [0.4, 0.5) is 0 Å². The third-order valence-electron chi connectivity index (χ3n) is 4.30. The number of nitrogens with zero attached hydrogens (tertiary/aromatic N) is 2. The van der Waals surface area contributed by atoms with Gasteiger partial charge >= 0.3 is 0 Å². The summed E-state index contributed by atoms with van der Waals surface area (Å²) in [5.41, 5.74) is 2.06. The highest BCUT2D eigenvalue weighted by Crippen LogP contribution is 2.17. The maximum atomic E-state index is 12.5. The van der Waals surface area contributed by atoms with Gasteiger partial charge in [0.25, 0.3) is 0 Å². The molecule has 0 saturated carbocycles. The van der Waals surface area contributed by atoms with Gasteiger partial charge in [-0.15, -0.1) is 0 Å². The van der Waals surface area contributed by atoms with Crippen molar-refractivity contribution in [3.63, 3.8) is 0 Å². The minimum Gasteiger partial charge on any atom is -0.387 e. The number of aryl methyl sites for hydroxylation is 1. The fraction of sp³-hybridized carbons (Fsp3) is 0.611. The highest BCUT2D eigenvalue weighted by atomic mass is 16.3. The van der Waals surface area contributed by atoms with Crippen molar-refractivity contribution in [3.8, 4) is 0 Å². The summed E-state index contributed by atoms with van der Waals surface area (Å²) >= 11 is 0. The summed E-state index contributed by atoms with van der Waals surface area (Å²) in [5.74, 6) is 0.0907. The molecule has 0 aliphatic heterocycles. The number of likely N-dealkylation sites (N-methyl/N-ethyl adjacent to an activating group) is 2. The predicted octanol–water partition coefficient (Wildman–Crippen LogP) is 2.61. The molecule has 0 heterocycles. The van der Waals surface area contributed by atoms with Crippen LogP contribution in [0.15, 0.2) is 24.3 Å². The summed E-state index contributed by atoms with van der Waals surface area (Å²) < 4.78 is 0. The molecule has 2 atom stereocenters. The van der Waals surface area contributed by atoms with Crippen LogP contribution >= 0.6 is 0 Å². The van der Waals surface area contributed by atoms with E-state index in [1.165, 1.54) is 5.56 Å². The second-order valence-corrected chi connectivity index (χ2v) is 6.23. The molecule has 0 aliphatic rings. The first-order valence-electron chi connectivity index (χ1n) is 8.03. The lowest BCUT2D eigenvalue weighted by molar-refractivity contribution is -0.137. The Morgan fingerprint density at radius 3 is 2.18 bits per heavy atom. The molecule has 1 rings (SSSR count). The van der Waals surface area contributed by atoms with Crippen molar-refractivity contribution < 1.29 is 9.90 Å². The zero-order valence-corrected chi connectivity index (χ0v) is 14.7. The Bertz CT molecular complexity index is 470. The lowest BCUT2D eigenvalue weighted by atomic mass is 10.1. The van der Waals surface area contributed by atoms with Crippen molar-refractivity contribution in [1.82, 2.24) is 9.80 Å². The Morgan fingerprint density at radius 1 is 1.18 bits per heavy atom. The van der Waals surface area contributed by atoms with Crippen LogP contribution < -0.4 is 0 Å². The van der Waals surface area contributed by atoms with Gasteiger partial charge in [0.05, 0.1) is 12.1 Å². The molecule has 0 radical (unpaired) electrons. The molecule has 124 valence electrons. The summed E-state index contributed by atoms with van der Waals surface area (Å²) in [5, 5.41) is 10.4. The number of rotatable bonds is 7. The van der Waals surface area contributed by atoms with Gasteiger partial charge in [-0.1, -0.05) is 36.8 Å². The molecule has 0 spiro atoms. The number of carbonyl (C=O) groups is 1. The second kappa shape index (κ2) is 8.30. The number of aliphatic hydroxyl groups excluding tert-OH is 1. The summed E-state index contributed by atoms with van der Waals surface area (Å²) in [4.78, 5) is 16.2. The van der Waals surface area contributed by atoms with Gasteiger partial charge in [0.15, 0.2) is 0 Å². The van der Waals surface area contributed by atoms with Gasteiger partial charge in [-0.05, 0) is 39.8 Å². The quantitative estimate of drug-likeness (QED) is 0.842. The van der Waals surface area contributed by atoms with E-state index in [-0.39, 0.29) is 18.0 Å². The van der Waals surface area contributed by atoms with Crippen LogP contribution in [0.2, 0.25) is 0 Å². The van der Waals surface area contributed by atoms with Crippen molar-refractivity contribution >= 4 is 5.91 Å². The third-order valence-corrected chi connectivity index (χ3v) is 4.30. The number of carbonyl (C=O) groups excluding carboxylic acids is 1. The molecule has 1 amide bonds. The van der Waals surface area contributed by atoms with E-state index >= 15 is 0 Å². The first kappa shape index (κ1) is 18.7. The Kier molecular flexibility index (Phi) is 7.04. The molecule has 22 heavy (non-hydrogen) atoms. The molecule has 0 aliphatic carbocycles. The molecule has 0 fully saturated rings. The summed E-state index contributed by atoms with van der Waals surface area (Å²) in [6, 6.07) is 7.82. The van der Waals surface area contributed by atoms with Gasteiger partial charge < -0.3 is 10.0 Å². The minimum absolute atomic E-state index is 0.0907. The smallest absolute Gasteiger partial charge is 0.239 e. The van der Waals surface area contributed by atoms with Gasteiger partial charge in [0, 0.05) is 19.6 Å². The van der Waals surface area contributed by atoms with Crippen molar-refractivity contribution in [3.05, 3.63) is 35.4 Å². The maximum Gasteiger partial charge on any atom is 0.239 e. The maximum absolute atomic E-state index is 12.5. The normalized spacial score (nSPS) is 14.2. The zero-order chi connectivity index (χ0) is 16.9. The van der Waals surface area contributed by atoms with E-state index in [1.807, 2.05) is 70.8 Å². The highest BCUT2D eigenvalue weighted by Gasteiger charge is 2.26. The number of amides is 1. The number of aliphatic hydroxyl groups is 1. The zero-order valence-electron chi connectivity index (χ0n) is 14.7. The monoisotopic (exact) mass is 306 g/mol. The molecule has 1 N–H and O–H groups in total. The van der Waals surface area contributed by atoms with Crippen molar-refractivity contribution in [1.29, 1.82) is 0 Å². The summed E-state index contributed by atoms with van der Waals surface area (Å²) in [6.45, 7) is 11.1. The van der Waals surface area contributed by atoms with Crippen LogP contribution in [-0.2, 0) is 4.79 Å². The first-order valence-corrected chi connectivity index (χ1v) is 8.03. The Balaban J connectivity index is 2.75. The number of benzene rings is 1. The van der Waals surface area contributed by atoms with Gasteiger partial charge in [0.2, 0.25) is 5.91 Å². The standard InChI is InChI=1S/C18H30N2O2/c1-7-20(15(5)18(22)19(6)13(2)3)12-17(21)16-10-8-14(4)9-11-16/h8-11,13,15,17,21H,7,12H2,1-6H3. The Morgan fingerprint density at radius 2 is 1.73 bits per heavy atom. The molecule has 1 aromatic rings. The van der Waals surface area contributed by atoms with Crippen LogP contribution in [0, 0.1) is 6.92 Å². The lowest BCUT2D eigenvalue weighted by Gasteiger charge is -2.33. The first-order chi connectivity index (χ1) is 10.3. The van der Waals surface area contributed by atoms with Gasteiger partial charge in [-0.2, -0.15) is 0 Å². The highest BCUT2D eigenvalue weighted by molar-refractivity contribution is 5.81. The van der Waals surface area contributed by atoms with E-state index in [9.17, 15) is 9.90 Å². The van der Waals surface area contributed by atoms with E-state index in [1.54, 1.807) is 4.90 Å². The molecular formula is C18H30N2O2. The van der Waals surface area contributed by atoms with Crippen molar-refractivity contribution in [2.45, 2.75) is 52.8 Å². The van der Waals surface area contributed by atoms with Gasteiger partial charge in [-0.3, -0.25) is 9.69 Å². The number of hydrogen-bond acceptors (Lipinski definition) is 3. The summed E-state index contributed by atoms with van der Waals surface area (Å²) in [7, 11) is 1.83. The molecule has 2 unspecified atom stereocenters. The molecule has 4 nitrogen and oxygen atoms in total. The van der Waals surface area contributed by atoms with Crippen LogP contribution in [0.3, 0.4) is 0 Å². The largest absolute Gasteiger partial charge is 0.387 e.